The van der Waals surface area contributed by atoms with E-state index in [1.807, 2.05) is 32.8 Å². The van der Waals surface area contributed by atoms with Crippen LogP contribution in [0.4, 0.5) is 8.78 Å². The second-order valence-electron chi connectivity index (χ2n) is 4.90. The number of carbonyl (C=O) groups excluding carboxylic acids is 1. The molecule has 0 aliphatic heterocycles. The van der Waals surface area contributed by atoms with Crippen LogP contribution in [-0.2, 0) is 11.2 Å². The number of ketones is 1. The molecule has 0 N–H and O–H groups in total. The summed E-state index contributed by atoms with van der Waals surface area (Å²) < 4.78 is 26.1. The van der Waals surface area contributed by atoms with E-state index in [1.54, 1.807) is 0 Å². The lowest BCUT2D eigenvalue weighted by Crippen LogP contribution is -2.48. The molecular formula is C14H19F2NO. The first-order valence-corrected chi connectivity index (χ1v) is 5.95. The van der Waals surface area contributed by atoms with Gasteiger partial charge in [0.1, 0.15) is 11.6 Å². The first-order valence-electron chi connectivity index (χ1n) is 5.95. The molecule has 0 saturated carbocycles. The minimum Gasteiger partial charge on any atom is -0.297 e. The molecule has 0 amide bonds. The third kappa shape index (κ3) is 3.13. The van der Waals surface area contributed by atoms with Crippen molar-refractivity contribution in [3.05, 3.63) is 35.4 Å². The molecule has 1 aromatic rings. The number of rotatable bonds is 5. The zero-order chi connectivity index (χ0) is 13.9. The predicted molar refractivity (Wildman–Crippen MR) is 67.5 cm³/mol. The first-order chi connectivity index (χ1) is 8.29. The van der Waals surface area contributed by atoms with E-state index in [4.69, 9.17) is 0 Å². The maximum absolute atomic E-state index is 13.1. The monoisotopic (exact) mass is 255 g/mol. The SMILES string of the molecule is CCC(C)(C(=O)Cc1cc(F)cc(F)c1)N(C)C. The van der Waals surface area contributed by atoms with Crippen LogP contribution in [0.25, 0.3) is 0 Å². The van der Waals surface area contributed by atoms with Crippen molar-refractivity contribution in [2.75, 3.05) is 14.1 Å². The van der Waals surface area contributed by atoms with Gasteiger partial charge in [0.25, 0.3) is 0 Å². The Morgan fingerprint density at radius 3 is 2.11 bits per heavy atom. The molecule has 0 heterocycles. The number of Topliss-reactive ketones (excluding diaryl/α,β-unsaturated/α-hetero) is 1. The van der Waals surface area contributed by atoms with Crippen LogP contribution in [-0.4, -0.2) is 30.3 Å². The Labute approximate surface area is 107 Å². The van der Waals surface area contributed by atoms with Gasteiger partial charge in [-0.2, -0.15) is 0 Å². The van der Waals surface area contributed by atoms with Gasteiger partial charge in [-0.1, -0.05) is 6.92 Å². The number of nitrogens with zero attached hydrogens (tertiary/aromatic N) is 1. The van der Waals surface area contributed by atoms with Crippen LogP contribution >= 0.6 is 0 Å². The van der Waals surface area contributed by atoms with Crippen LogP contribution < -0.4 is 0 Å². The molecule has 1 aromatic carbocycles. The number of hydrogen-bond donors (Lipinski definition) is 0. The van der Waals surface area contributed by atoms with Crippen molar-refractivity contribution < 1.29 is 13.6 Å². The van der Waals surface area contributed by atoms with Gasteiger partial charge in [-0.05, 0) is 45.1 Å². The van der Waals surface area contributed by atoms with Crippen molar-refractivity contribution >= 4 is 5.78 Å². The Morgan fingerprint density at radius 1 is 1.22 bits per heavy atom. The molecule has 0 aromatic heterocycles. The molecule has 4 heteroatoms. The van der Waals surface area contributed by atoms with Crippen molar-refractivity contribution in [3.8, 4) is 0 Å². The van der Waals surface area contributed by atoms with Crippen molar-refractivity contribution in [1.82, 2.24) is 4.90 Å². The highest BCUT2D eigenvalue weighted by molar-refractivity contribution is 5.89. The summed E-state index contributed by atoms with van der Waals surface area (Å²) in [7, 11) is 3.65. The molecule has 0 fully saturated rings. The van der Waals surface area contributed by atoms with Crippen LogP contribution in [0, 0.1) is 11.6 Å². The van der Waals surface area contributed by atoms with E-state index in [0.29, 0.717) is 12.0 Å². The zero-order valence-electron chi connectivity index (χ0n) is 11.3. The second-order valence-corrected chi connectivity index (χ2v) is 4.90. The van der Waals surface area contributed by atoms with Crippen molar-refractivity contribution in [2.24, 2.45) is 0 Å². The topological polar surface area (TPSA) is 20.3 Å². The second kappa shape index (κ2) is 5.57. The van der Waals surface area contributed by atoms with Gasteiger partial charge < -0.3 is 0 Å². The summed E-state index contributed by atoms with van der Waals surface area (Å²) in [6, 6.07) is 3.21. The van der Waals surface area contributed by atoms with Crippen LogP contribution in [0.5, 0.6) is 0 Å². The lowest BCUT2D eigenvalue weighted by atomic mass is 9.88. The summed E-state index contributed by atoms with van der Waals surface area (Å²) in [5.41, 5.74) is -0.234. The van der Waals surface area contributed by atoms with E-state index in [-0.39, 0.29) is 12.2 Å². The Bertz CT molecular complexity index is 425. The highest BCUT2D eigenvalue weighted by atomic mass is 19.1. The van der Waals surface area contributed by atoms with Gasteiger partial charge in [0.2, 0.25) is 0 Å². The molecule has 0 aliphatic carbocycles. The van der Waals surface area contributed by atoms with E-state index >= 15 is 0 Å². The maximum atomic E-state index is 13.1. The highest BCUT2D eigenvalue weighted by Gasteiger charge is 2.33. The number of hydrogen-bond acceptors (Lipinski definition) is 2. The highest BCUT2D eigenvalue weighted by Crippen LogP contribution is 2.20. The van der Waals surface area contributed by atoms with Gasteiger partial charge in [0, 0.05) is 12.5 Å². The molecule has 0 radical (unpaired) electrons. The summed E-state index contributed by atoms with van der Waals surface area (Å²) >= 11 is 0. The van der Waals surface area contributed by atoms with Gasteiger partial charge >= 0.3 is 0 Å². The van der Waals surface area contributed by atoms with Gasteiger partial charge in [-0.25, -0.2) is 8.78 Å². The molecule has 0 aliphatic rings. The lowest BCUT2D eigenvalue weighted by Gasteiger charge is -2.34. The van der Waals surface area contributed by atoms with E-state index < -0.39 is 17.2 Å². The standard InChI is InChI=1S/C14H19F2NO/c1-5-14(2,17(3)4)13(18)8-10-6-11(15)9-12(16)7-10/h6-7,9H,5,8H2,1-4H3. The molecule has 2 nitrogen and oxygen atoms in total. The Kier molecular flexibility index (Phi) is 4.57. The lowest BCUT2D eigenvalue weighted by molar-refractivity contribution is -0.128. The molecule has 1 unspecified atom stereocenters. The minimum absolute atomic E-state index is 0.0389. The molecule has 1 atom stereocenters. The van der Waals surface area contributed by atoms with E-state index in [9.17, 15) is 13.6 Å². The minimum atomic E-state index is -0.652. The van der Waals surface area contributed by atoms with E-state index in [0.717, 1.165) is 6.07 Å². The van der Waals surface area contributed by atoms with Crippen LogP contribution in [0.15, 0.2) is 18.2 Å². The predicted octanol–water partition coefficient (Wildman–Crippen LogP) is 2.81. The van der Waals surface area contributed by atoms with Gasteiger partial charge in [0.05, 0.1) is 5.54 Å². The van der Waals surface area contributed by atoms with E-state index in [2.05, 4.69) is 0 Å². The van der Waals surface area contributed by atoms with Gasteiger partial charge in [-0.3, -0.25) is 9.69 Å². The quantitative estimate of drug-likeness (QED) is 0.806. The fraction of sp³-hybridized carbons (Fsp3) is 0.500. The Hall–Kier alpha value is -1.29. The largest absolute Gasteiger partial charge is 0.297 e. The molecule has 0 spiro atoms. The third-order valence-electron chi connectivity index (χ3n) is 3.56. The fourth-order valence-electron chi connectivity index (χ4n) is 1.85. The summed E-state index contributed by atoms with van der Waals surface area (Å²) in [5.74, 6) is -1.35. The normalized spacial score (nSPS) is 14.6. The van der Waals surface area contributed by atoms with E-state index in [1.165, 1.54) is 12.1 Å². The zero-order valence-corrected chi connectivity index (χ0v) is 11.3. The molecule has 0 bridgehead atoms. The Balaban J connectivity index is 2.93. The van der Waals surface area contributed by atoms with Crippen molar-refractivity contribution in [1.29, 1.82) is 0 Å². The maximum Gasteiger partial charge on any atom is 0.157 e. The van der Waals surface area contributed by atoms with Crippen molar-refractivity contribution in [3.63, 3.8) is 0 Å². The average Bonchev–Trinajstić information content (AvgIpc) is 2.25. The van der Waals surface area contributed by atoms with Crippen molar-refractivity contribution in [2.45, 2.75) is 32.2 Å². The number of carbonyl (C=O) groups is 1. The van der Waals surface area contributed by atoms with Gasteiger partial charge in [0.15, 0.2) is 5.78 Å². The molecule has 18 heavy (non-hydrogen) atoms. The van der Waals surface area contributed by atoms with Gasteiger partial charge in [-0.15, -0.1) is 0 Å². The summed E-state index contributed by atoms with van der Waals surface area (Å²) in [4.78, 5) is 14.1. The first kappa shape index (κ1) is 14.8. The molecule has 1 rings (SSSR count). The summed E-state index contributed by atoms with van der Waals surface area (Å²) in [6.07, 6.45) is 0.688. The fourth-order valence-corrected chi connectivity index (χ4v) is 1.85. The summed E-state index contributed by atoms with van der Waals surface area (Å²) in [5, 5.41) is 0. The molecule has 100 valence electrons. The average molecular weight is 255 g/mol. The molecular weight excluding hydrogens is 236 g/mol. The third-order valence-corrected chi connectivity index (χ3v) is 3.56. The Morgan fingerprint density at radius 2 is 1.72 bits per heavy atom. The molecule has 0 saturated heterocycles. The smallest absolute Gasteiger partial charge is 0.157 e. The number of likely N-dealkylation sites (N-methyl/N-ethyl adjacent to an activating group) is 1. The number of halogens is 2. The van der Waals surface area contributed by atoms with Crippen LogP contribution in [0.3, 0.4) is 0 Å². The van der Waals surface area contributed by atoms with Crippen LogP contribution in [0.1, 0.15) is 25.8 Å². The number of benzene rings is 1. The van der Waals surface area contributed by atoms with Crippen LogP contribution in [0.2, 0.25) is 0 Å². The summed E-state index contributed by atoms with van der Waals surface area (Å²) in [6.45, 7) is 3.76.